The molecule has 1 aromatic heterocycles. The van der Waals surface area contributed by atoms with E-state index in [4.69, 9.17) is 0 Å². The van der Waals surface area contributed by atoms with Gasteiger partial charge in [0.1, 0.15) is 7.05 Å². The molecule has 0 radical (unpaired) electrons. The number of rotatable bonds is 0. The summed E-state index contributed by atoms with van der Waals surface area (Å²) < 4.78 is 2.00. The van der Waals surface area contributed by atoms with Crippen LogP contribution in [0.25, 0.3) is 0 Å². The van der Waals surface area contributed by atoms with Gasteiger partial charge in [-0.1, -0.05) is 6.07 Å². The average Bonchev–Trinajstić information content (AvgIpc) is 1.94. The maximum Gasteiger partial charge on any atom is 0.168 e. The standard InChI is InChI=1S/C6H8N.Br2.BrH/c1-7-5-3-2-4-6-7;1-2;/h2-6H,1H3;;1H/q+1;;/p-1. The van der Waals surface area contributed by atoms with Crippen molar-refractivity contribution in [3.63, 3.8) is 0 Å². The highest BCUT2D eigenvalue weighted by Gasteiger charge is 1.78. The molecule has 0 aromatic carbocycles. The Morgan fingerprint density at radius 3 is 1.60 bits per heavy atom. The van der Waals surface area contributed by atoms with Crippen LogP contribution in [0.15, 0.2) is 30.6 Å². The largest absolute Gasteiger partial charge is 1.00 e. The van der Waals surface area contributed by atoms with Crippen LogP contribution in [0.4, 0.5) is 0 Å². The molecule has 1 heterocycles. The van der Waals surface area contributed by atoms with Crippen molar-refractivity contribution in [2.24, 2.45) is 7.05 Å². The predicted octanol–water partition coefficient (Wildman–Crippen LogP) is -0.794. The molecule has 0 N–H and O–H groups in total. The number of aromatic nitrogens is 1. The summed E-state index contributed by atoms with van der Waals surface area (Å²) >= 11 is 5.50. The highest BCUT2D eigenvalue weighted by atomic mass is 80.9. The minimum absolute atomic E-state index is 0. The summed E-state index contributed by atoms with van der Waals surface area (Å²) in [6, 6.07) is 6.00. The molecule has 1 rings (SSSR count). The first-order valence-corrected chi connectivity index (χ1v) is 6.15. The van der Waals surface area contributed by atoms with Crippen molar-refractivity contribution in [2.75, 3.05) is 0 Å². The van der Waals surface area contributed by atoms with Crippen molar-refractivity contribution in [1.82, 2.24) is 0 Å². The van der Waals surface area contributed by atoms with E-state index in [0.29, 0.717) is 0 Å². The van der Waals surface area contributed by atoms with Gasteiger partial charge in [-0.3, -0.25) is 0 Å². The maximum atomic E-state index is 2.75. The topological polar surface area (TPSA) is 3.88 Å². The number of hydrogen-bond donors (Lipinski definition) is 0. The number of pyridine rings is 1. The second-order valence-electron chi connectivity index (χ2n) is 1.54. The minimum Gasteiger partial charge on any atom is -1.00 e. The Hall–Kier alpha value is 0.590. The van der Waals surface area contributed by atoms with Crippen molar-refractivity contribution in [1.29, 1.82) is 0 Å². The lowest BCUT2D eigenvalue weighted by Crippen LogP contribution is -3.00. The van der Waals surface area contributed by atoms with Crippen LogP contribution < -0.4 is 21.5 Å². The van der Waals surface area contributed by atoms with Crippen LogP contribution in [0.3, 0.4) is 0 Å². The van der Waals surface area contributed by atoms with Gasteiger partial charge in [0.2, 0.25) is 0 Å². The summed E-state index contributed by atoms with van der Waals surface area (Å²) in [7, 11) is 2.00. The SMILES string of the molecule is BrBr.C[n+]1ccccc1.[Br-]. The molecule has 0 spiro atoms. The van der Waals surface area contributed by atoms with Crippen molar-refractivity contribution in [3.8, 4) is 0 Å². The molecule has 0 aliphatic heterocycles. The summed E-state index contributed by atoms with van der Waals surface area (Å²) in [6.45, 7) is 0. The first kappa shape index (κ1) is 13.2. The zero-order chi connectivity index (χ0) is 7.11. The molecule has 0 amide bonds. The van der Waals surface area contributed by atoms with Gasteiger partial charge < -0.3 is 17.0 Å². The van der Waals surface area contributed by atoms with E-state index in [9.17, 15) is 0 Å². The Morgan fingerprint density at radius 2 is 1.40 bits per heavy atom. The van der Waals surface area contributed by atoms with Crippen LogP contribution >= 0.6 is 28.3 Å². The lowest BCUT2D eigenvalue weighted by molar-refractivity contribution is -0.671. The lowest BCUT2D eigenvalue weighted by atomic mass is 10.5. The van der Waals surface area contributed by atoms with E-state index in [1.165, 1.54) is 0 Å². The third-order valence-corrected chi connectivity index (χ3v) is 0.865. The Morgan fingerprint density at radius 1 is 1.00 bits per heavy atom. The van der Waals surface area contributed by atoms with Crippen molar-refractivity contribution < 1.29 is 21.5 Å². The Balaban J connectivity index is 0. The monoisotopic (exact) mass is 331 g/mol. The summed E-state index contributed by atoms with van der Waals surface area (Å²) in [5.41, 5.74) is 0. The van der Waals surface area contributed by atoms with E-state index in [1.807, 2.05) is 42.2 Å². The normalized spacial score (nSPS) is 6.70. The molecule has 0 aliphatic rings. The van der Waals surface area contributed by atoms with Gasteiger partial charge in [0, 0.05) is 40.4 Å². The molecule has 1 nitrogen and oxygen atoms in total. The van der Waals surface area contributed by atoms with E-state index >= 15 is 0 Å². The van der Waals surface area contributed by atoms with Gasteiger partial charge in [0.15, 0.2) is 12.4 Å². The summed E-state index contributed by atoms with van der Waals surface area (Å²) in [5.74, 6) is 0. The van der Waals surface area contributed by atoms with Crippen molar-refractivity contribution >= 4 is 28.3 Å². The minimum atomic E-state index is 0. The second-order valence-corrected chi connectivity index (χ2v) is 1.54. The molecule has 0 bridgehead atoms. The number of aryl methyl sites for hydroxylation is 1. The summed E-state index contributed by atoms with van der Waals surface area (Å²) in [5, 5.41) is 0. The molecular weight excluding hydrogens is 326 g/mol. The Bertz CT molecular complexity index is 143. The van der Waals surface area contributed by atoms with Gasteiger partial charge in [-0.2, -0.15) is 0 Å². The van der Waals surface area contributed by atoms with Gasteiger partial charge in [-0.05, 0) is 0 Å². The zero-order valence-corrected chi connectivity index (χ0v) is 10.2. The van der Waals surface area contributed by atoms with E-state index < -0.39 is 0 Å². The van der Waals surface area contributed by atoms with Crippen LogP contribution in [0, 0.1) is 0 Å². The Labute approximate surface area is 87.1 Å². The third-order valence-electron chi connectivity index (χ3n) is 0.865. The molecule has 1 aromatic rings. The number of halogens is 3. The summed E-state index contributed by atoms with van der Waals surface area (Å²) in [6.07, 6.45) is 4.00. The smallest absolute Gasteiger partial charge is 0.168 e. The number of hydrogen-bond acceptors (Lipinski definition) is 0. The van der Waals surface area contributed by atoms with Crippen LogP contribution in [-0.2, 0) is 7.05 Å². The number of nitrogens with zero attached hydrogens (tertiary/aromatic N) is 1. The maximum absolute atomic E-state index is 2.75. The molecule has 4 heteroatoms. The van der Waals surface area contributed by atoms with Crippen LogP contribution in [0.5, 0.6) is 0 Å². The molecule has 0 unspecified atom stereocenters. The second kappa shape index (κ2) is 9.59. The van der Waals surface area contributed by atoms with Gasteiger partial charge in [0.25, 0.3) is 0 Å². The molecule has 0 fully saturated rings. The molecule has 0 saturated carbocycles. The zero-order valence-electron chi connectivity index (χ0n) is 5.47. The van der Waals surface area contributed by atoms with E-state index in [0.717, 1.165) is 0 Å². The first-order valence-electron chi connectivity index (χ1n) is 2.44. The first-order chi connectivity index (χ1) is 4.39. The van der Waals surface area contributed by atoms with E-state index in [1.54, 1.807) is 0 Å². The summed E-state index contributed by atoms with van der Waals surface area (Å²) in [4.78, 5) is 0. The lowest BCUT2D eigenvalue weighted by Gasteiger charge is -1.77. The van der Waals surface area contributed by atoms with Gasteiger partial charge in [-0.15, -0.1) is 0 Å². The van der Waals surface area contributed by atoms with Gasteiger partial charge >= 0.3 is 0 Å². The average molecular weight is 334 g/mol. The predicted molar refractivity (Wildman–Crippen MR) is 45.5 cm³/mol. The van der Waals surface area contributed by atoms with E-state index in [-0.39, 0.29) is 17.0 Å². The fraction of sp³-hybridized carbons (Fsp3) is 0.167. The molecule has 58 valence electrons. The highest BCUT2D eigenvalue weighted by Crippen LogP contribution is 1.85. The molecule has 10 heavy (non-hydrogen) atoms. The third kappa shape index (κ3) is 6.71. The van der Waals surface area contributed by atoms with Crippen molar-refractivity contribution in [2.45, 2.75) is 0 Å². The van der Waals surface area contributed by atoms with E-state index in [2.05, 4.69) is 28.3 Å². The Kier molecular flexibility index (Phi) is 12.7. The van der Waals surface area contributed by atoms with Crippen LogP contribution in [0.2, 0.25) is 0 Å². The van der Waals surface area contributed by atoms with Crippen molar-refractivity contribution in [3.05, 3.63) is 30.6 Å². The highest BCUT2D eigenvalue weighted by molar-refractivity contribution is 9.93. The molecule has 0 aliphatic carbocycles. The fourth-order valence-corrected chi connectivity index (χ4v) is 0.485. The van der Waals surface area contributed by atoms with Gasteiger partial charge in [0.05, 0.1) is 0 Å². The fourth-order valence-electron chi connectivity index (χ4n) is 0.485. The van der Waals surface area contributed by atoms with Crippen LogP contribution in [-0.4, -0.2) is 0 Å². The quantitative estimate of drug-likeness (QED) is 0.548. The van der Waals surface area contributed by atoms with Crippen LogP contribution in [0.1, 0.15) is 0 Å². The molecule has 0 atom stereocenters. The molecule has 0 saturated heterocycles. The molecular formula is C6H8Br3N. The van der Waals surface area contributed by atoms with Gasteiger partial charge in [-0.25, -0.2) is 4.57 Å².